The molecule has 0 unspecified atom stereocenters. The SMILES string of the molecule is Fc1ccc(CSc2cc(N3CCCCC3)ncn2)cc1F. The van der Waals surface area contributed by atoms with Gasteiger partial charge in [0.1, 0.15) is 17.2 Å². The lowest BCUT2D eigenvalue weighted by Crippen LogP contribution is -2.30. The lowest BCUT2D eigenvalue weighted by Gasteiger charge is -2.27. The fourth-order valence-electron chi connectivity index (χ4n) is 2.49. The van der Waals surface area contributed by atoms with Crippen molar-refractivity contribution in [3.8, 4) is 0 Å². The van der Waals surface area contributed by atoms with E-state index in [9.17, 15) is 8.78 Å². The summed E-state index contributed by atoms with van der Waals surface area (Å²) in [5, 5.41) is 0.848. The number of nitrogens with zero attached hydrogens (tertiary/aromatic N) is 3. The molecule has 6 heteroatoms. The van der Waals surface area contributed by atoms with Crippen molar-refractivity contribution in [3.63, 3.8) is 0 Å². The molecule has 0 spiro atoms. The minimum absolute atomic E-state index is 0.549. The maximum Gasteiger partial charge on any atom is 0.159 e. The Morgan fingerprint density at radius 2 is 1.82 bits per heavy atom. The van der Waals surface area contributed by atoms with Crippen LogP contribution in [0.5, 0.6) is 0 Å². The molecule has 3 nitrogen and oxygen atoms in total. The first-order valence-electron chi connectivity index (χ1n) is 7.36. The van der Waals surface area contributed by atoms with Crippen molar-refractivity contribution in [1.29, 1.82) is 0 Å². The molecule has 0 bridgehead atoms. The van der Waals surface area contributed by atoms with Crippen molar-refractivity contribution in [2.24, 2.45) is 0 Å². The first kappa shape index (κ1) is 15.2. The third kappa shape index (κ3) is 3.74. The summed E-state index contributed by atoms with van der Waals surface area (Å²) in [7, 11) is 0. The Balaban J connectivity index is 1.66. The number of aromatic nitrogens is 2. The highest BCUT2D eigenvalue weighted by Gasteiger charge is 2.13. The van der Waals surface area contributed by atoms with Gasteiger partial charge in [0.25, 0.3) is 0 Å². The van der Waals surface area contributed by atoms with Crippen LogP contribution in [0.15, 0.2) is 35.6 Å². The zero-order valence-electron chi connectivity index (χ0n) is 12.1. The van der Waals surface area contributed by atoms with Gasteiger partial charge in [0.2, 0.25) is 0 Å². The van der Waals surface area contributed by atoms with Gasteiger partial charge in [-0.25, -0.2) is 18.7 Å². The molecule has 3 rings (SSSR count). The van der Waals surface area contributed by atoms with Gasteiger partial charge in [0.15, 0.2) is 11.6 Å². The van der Waals surface area contributed by atoms with Crippen molar-refractivity contribution in [2.45, 2.75) is 30.0 Å². The highest BCUT2D eigenvalue weighted by atomic mass is 32.2. The Labute approximate surface area is 132 Å². The van der Waals surface area contributed by atoms with Crippen molar-refractivity contribution >= 4 is 17.6 Å². The molecule has 0 N–H and O–H groups in total. The maximum atomic E-state index is 13.2. The molecule has 1 aromatic heterocycles. The molecule has 0 aliphatic carbocycles. The van der Waals surface area contributed by atoms with E-state index in [0.29, 0.717) is 5.75 Å². The van der Waals surface area contributed by atoms with Crippen molar-refractivity contribution in [2.75, 3.05) is 18.0 Å². The molecular formula is C16H17F2N3S. The van der Waals surface area contributed by atoms with Crippen molar-refractivity contribution in [3.05, 3.63) is 47.8 Å². The lowest BCUT2D eigenvalue weighted by atomic mass is 10.1. The van der Waals surface area contributed by atoms with E-state index in [4.69, 9.17) is 0 Å². The minimum Gasteiger partial charge on any atom is -0.356 e. The molecule has 116 valence electrons. The summed E-state index contributed by atoms with van der Waals surface area (Å²) in [5.41, 5.74) is 0.738. The Kier molecular flexibility index (Phi) is 4.87. The molecule has 2 heterocycles. The van der Waals surface area contributed by atoms with Gasteiger partial charge in [0.05, 0.1) is 0 Å². The first-order valence-corrected chi connectivity index (χ1v) is 8.34. The quantitative estimate of drug-likeness (QED) is 0.628. The number of piperidine rings is 1. The average molecular weight is 321 g/mol. The van der Waals surface area contributed by atoms with Crippen LogP contribution in [0, 0.1) is 11.6 Å². The molecule has 2 aromatic rings. The molecule has 0 amide bonds. The van der Waals surface area contributed by atoms with Gasteiger partial charge in [-0.15, -0.1) is 11.8 Å². The fourth-order valence-corrected chi connectivity index (χ4v) is 3.30. The van der Waals surface area contributed by atoms with Crippen molar-refractivity contribution < 1.29 is 8.78 Å². The van der Waals surface area contributed by atoms with E-state index >= 15 is 0 Å². The number of hydrogen-bond donors (Lipinski definition) is 0. The standard InChI is InChI=1S/C16H17F2N3S/c17-13-5-4-12(8-14(13)18)10-22-16-9-15(19-11-20-16)21-6-2-1-3-7-21/h4-5,8-9,11H,1-3,6-7,10H2. The van der Waals surface area contributed by atoms with Crippen LogP contribution in [0.3, 0.4) is 0 Å². The molecule has 1 aliphatic heterocycles. The van der Waals surface area contributed by atoms with Crippen LogP contribution in [0.1, 0.15) is 24.8 Å². The van der Waals surface area contributed by atoms with E-state index in [1.807, 2.05) is 6.07 Å². The van der Waals surface area contributed by atoms with E-state index in [1.54, 1.807) is 12.4 Å². The number of anilines is 1. The lowest BCUT2D eigenvalue weighted by molar-refractivity contribution is 0.507. The van der Waals surface area contributed by atoms with E-state index in [1.165, 1.54) is 37.1 Å². The summed E-state index contributed by atoms with van der Waals surface area (Å²) in [6.45, 7) is 2.06. The van der Waals surface area contributed by atoms with Crippen LogP contribution < -0.4 is 4.90 Å². The smallest absolute Gasteiger partial charge is 0.159 e. The van der Waals surface area contributed by atoms with Gasteiger partial charge >= 0.3 is 0 Å². The van der Waals surface area contributed by atoms with Gasteiger partial charge < -0.3 is 4.90 Å². The van der Waals surface area contributed by atoms with Crippen LogP contribution in [0.25, 0.3) is 0 Å². The second kappa shape index (κ2) is 7.05. The molecule has 1 fully saturated rings. The normalized spacial score (nSPS) is 15.1. The van der Waals surface area contributed by atoms with Crippen LogP contribution in [-0.2, 0) is 5.75 Å². The highest BCUT2D eigenvalue weighted by molar-refractivity contribution is 7.98. The van der Waals surface area contributed by atoms with Gasteiger partial charge in [-0.2, -0.15) is 0 Å². The second-order valence-corrected chi connectivity index (χ2v) is 6.29. The number of rotatable bonds is 4. The summed E-state index contributed by atoms with van der Waals surface area (Å²) in [4.78, 5) is 10.9. The molecular weight excluding hydrogens is 304 g/mol. The van der Waals surface area contributed by atoms with Crippen LogP contribution in [0.4, 0.5) is 14.6 Å². The first-order chi connectivity index (χ1) is 10.7. The largest absolute Gasteiger partial charge is 0.356 e. The van der Waals surface area contributed by atoms with E-state index in [2.05, 4.69) is 14.9 Å². The zero-order chi connectivity index (χ0) is 15.4. The topological polar surface area (TPSA) is 29.0 Å². The summed E-state index contributed by atoms with van der Waals surface area (Å²) >= 11 is 1.50. The molecule has 1 aliphatic rings. The predicted octanol–water partition coefficient (Wildman–Crippen LogP) is 4.04. The number of thioether (sulfide) groups is 1. The Morgan fingerprint density at radius 1 is 1.00 bits per heavy atom. The number of hydrogen-bond acceptors (Lipinski definition) is 4. The molecule has 0 radical (unpaired) electrons. The van der Waals surface area contributed by atoms with Crippen LogP contribution in [-0.4, -0.2) is 23.1 Å². The number of benzene rings is 1. The average Bonchev–Trinajstić information content (AvgIpc) is 2.57. The van der Waals surface area contributed by atoms with Crippen molar-refractivity contribution in [1.82, 2.24) is 9.97 Å². The van der Waals surface area contributed by atoms with E-state index in [0.717, 1.165) is 35.6 Å². The van der Waals surface area contributed by atoms with Crippen LogP contribution in [0.2, 0.25) is 0 Å². The molecule has 0 atom stereocenters. The summed E-state index contributed by atoms with van der Waals surface area (Å²) in [6.07, 6.45) is 5.24. The fraction of sp³-hybridized carbons (Fsp3) is 0.375. The van der Waals surface area contributed by atoms with Gasteiger partial charge in [-0.05, 0) is 37.0 Å². The minimum atomic E-state index is -0.817. The predicted molar refractivity (Wildman–Crippen MR) is 84.0 cm³/mol. The molecule has 1 saturated heterocycles. The summed E-state index contributed by atoms with van der Waals surface area (Å²) in [5.74, 6) is -0.131. The summed E-state index contributed by atoms with van der Waals surface area (Å²) < 4.78 is 26.1. The Hall–Kier alpha value is -1.69. The molecule has 1 aromatic carbocycles. The van der Waals surface area contributed by atoms with Gasteiger partial charge in [-0.3, -0.25) is 0 Å². The number of halogens is 2. The monoisotopic (exact) mass is 321 g/mol. The van der Waals surface area contributed by atoms with E-state index < -0.39 is 11.6 Å². The highest BCUT2D eigenvalue weighted by Crippen LogP contribution is 2.25. The third-order valence-corrected chi connectivity index (χ3v) is 4.68. The maximum absolute atomic E-state index is 13.2. The zero-order valence-corrected chi connectivity index (χ0v) is 13.0. The van der Waals surface area contributed by atoms with E-state index in [-0.39, 0.29) is 0 Å². The summed E-state index contributed by atoms with van der Waals surface area (Å²) in [6, 6.07) is 5.95. The molecule has 0 saturated carbocycles. The Morgan fingerprint density at radius 3 is 2.59 bits per heavy atom. The third-order valence-electron chi connectivity index (χ3n) is 3.68. The molecule has 22 heavy (non-hydrogen) atoms. The van der Waals surface area contributed by atoms with Crippen LogP contribution >= 0.6 is 11.8 Å². The van der Waals surface area contributed by atoms with Gasteiger partial charge in [0, 0.05) is 24.9 Å². The van der Waals surface area contributed by atoms with Gasteiger partial charge in [-0.1, -0.05) is 6.07 Å². The Bertz CT molecular complexity index is 645. The second-order valence-electron chi connectivity index (χ2n) is 5.30.